The van der Waals surface area contributed by atoms with Crippen molar-refractivity contribution in [3.8, 4) is 0 Å². The van der Waals surface area contributed by atoms with Crippen LogP contribution in [0.4, 0.5) is 0 Å². The molecule has 3 rings (SSSR count). The van der Waals surface area contributed by atoms with Crippen LogP contribution in [0.1, 0.15) is 32.1 Å². The lowest BCUT2D eigenvalue weighted by Gasteiger charge is -2.37. The van der Waals surface area contributed by atoms with Gasteiger partial charge in [-0.05, 0) is 37.9 Å². The van der Waals surface area contributed by atoms with Crippen LogP contribution in [0.2, 0.25) is 0 Å². The van der Waals surface area contributed by atoms with Crippen LogP contribution < -0.4 is 0 Å². The molecule has 3 heterocycles. The van der Waals surface area contributed by atoms with Crippen molar-refractivity contribution >= 4 is 11.8 Å². The Bertz CT molecular complexity index is 225. The van der Waals surface area contributed by atoms with Crippen molar-refractivity contribution in [1.82, 2.24) is 0 Å². The van der Waals surface area contributed by atoms with E-state index in [1.165, 1.54) is 12.2 Å². The molecule has 3 aliphatic rings. The largest absolute Gasteiger partial charge is 0.375 e. The third kappa shape index (κ3) is 2.98. The average molecular weight is 258 g/mol. The fraction of sp³-hybridized carbons (Fsp3) is 1.00. The number of hydrogen-bond acceptors (Lipinski definition) is 4. The Morgan fingerprint density at radius 1 is 0.765 bits per heavy atom. The van der Waals surface area contributed by atoms with Crippen LogP contribution in [0, 0.1) is 0 Å². The van der Waals surface area contributed by atoms with Crippen LogP contribution in [0.15, 0.2) is 0 Å². The molecule has 3 aliphatic heterocycles. The van der Waals surface area contributed by atoms with Crippen LogP contribution in [-0.4, -0.2) is 49.1 Å². The maximum absolute atomic E-state index is 6.32. The molecular weight excluding hydrogens is 236 g/mol. The van der Waals surface area contributed by atoms with Crippen molar-refractivity contribution in [2.24, 2.45) is 0 Å². The van der Waals surface area contributed by atoms with Gasteiger partial charge in [0, 0.05) is 19.0 Å². The minimum absolute atomic E-state index is 0.309. The van der Waals surface area contributed by atoms with Crippen molar-refractivity contribution in [3.05, 3.63) is 0 Å². The molecule has 0 bridgehead atoms. The molecule has 98 valence electrons. The monoisotopic (exact) mass is 258 g/mol. The summed E-state index contributed by atoms with van der Waals surface area (Å²) in [4.78, 5) is 0. The van der Waals surface area contributed by atoms with E-state index in [4.69, 9.17) is 14.2 Å². The number of fused-ring (bicyclic) bond motifs is 2. The molecule has 0 amide bonds. The molecule has 0 N–H and O–H groups in total. The normalized spacial score (nSPS) is 43.8. The molecule has 0 aliphatic carbocycles. The third-order valence-corrected chi connectivity index (χ3v) is 5.03. The van der Waals surface area contributed by atoms with Gasteiger partial charge in [-0.2, -0.15) is 11.8 Å². The van der Waals surface area contributed by atoms with E-state index in [2.05, 4.69) is 0 Å². The van der Waals surface area contributed by atoms with Gasteiger partial charge in [-0.3, -0.25) is 0 Å². The Balaban J connectivity index is 1.68. The molecule has 17 heavy (non-hydrogen) atoms. The lowest BCUT2D eigenvalue weighted by atomic mass is 10.0. The van der Waals surface area contributed by atoms with E-state index >= 15 is 0 Å². The van der Waals surface area contributed by atoms with Crippen molar-refractivity contribution in [2.75, 3.05) is 24.7 Å². The number of ether oxygens (including phenoxy) is 3. The molecule has 0 aromatic rings. The summed E-state index contributed by atoms with van der Waals surface area (Å²) >= 11 is 2.00. The van der Waals surface area contributed by atoms with Gasteiger partial charge in [-0.25, -0.2) is 0 Å². The van der Waals surface area contributed by atoms with E-state index in [1.807, 2.05) is 11.8 Å². The first-order valence-electron chi connectivity index (χ1n) is 6.90. The molecule has 0 aromatic carbocycles. The van der Waals surface area contributed by atoms with Gasteiger partial charge in [-0.1, -0.05) is 0 Å². The zero-order valence-electron chi connectivity index (χ0n) is 10.3. The molecule has 0 unspecified atom stereocenters. The Hall–Kier alpha value is 0.230. The van der Waals surface area contributed by atoms with Gasteiger partial charge in [0.05, 0.1) is 24.4 Å². The van der Waals surface area contributed by atoms with Crippen molar-refractivity contribution in [3.63, 3.8) is 0 Å². The maximum Gasteiger partial charge on any atom is 0.0926 e. The molecule has 3 saturated heterocycles. The molecule has 0 radical (unpaired) electrons. The number of thioether (sulfide) groups is 1. The predicted octanol–water partition coefficient (Wildman–Crippen LogP) is 2.24. The highest BCUT2D eigenvalue weighted by molar-refractivity contribution is 7.99. The second-order valence-electron chi connectivity index (χ2n) is 5.18. The second kappa shape index (κ2) is 5.91. The lowest BCUT2D eigenvalue weighted by Crippen LogP contribution is -2.44. The SMILES string of the molecule is C1CO[C@@H]2CSCC[C@@H]3OCCC[C@H]3O[C@H]2C1. The molecule has 3 nitrogen and oxygen atoms in total. The maximum atomic E-state index is 6.32. The Labute approximate surface area is 108 Å². The van der Waals surface area contributed by atoms with E-state index in [1.54, 1.807) is 0 Å². The van der Waals surface area contributed by atoms with Crippen LogP contribution in [-0.2, 0) is 14.2 Å². The number of hydrogen-bond donors (Lipinski definition) is 0. The van der Waals surface area contributed by atoms with Gasteiger partial charge in [0.15, 0.2) is 0 Å². The van der Waals surface area contributed by atoms with Gasteiger partial charge in [0.2, 0.25) is 0 Å². The third-order valence-electron chi connectivity index (χ3n) is 3.94. The summed E-state index contributed by atoms with van der Waals surface area (Å²) in [7, 11) is 0. The minimum atomic E-state index is 0.309. The molecular formula is C13H22O3S. The van der Waals surface area contributed by atoms with E-state index in [0.29, 0.717) is 24.4 Å². The van der Waals surface area contributed by atoms with E-state index < -0.39 is 0 Å². The first-order valence-corrected chi connectivity index (χ1v) is 8.05. The van der Waals surface area contributed by atoms with Gasteiger partial charge in [0.25, 0.3) is 0 Å². The summed E-state index contributed by atoms with van der Waals surface area (Å²) in [6.07, 6.45) is 7.02. The average Bonchev–Trinajstić information content (AvgIpc) is 2.46. The smallest absolute Gasteiger partial charge is 0.0926 e. The van der Waals surface area contributed by atoms with Gasteiger partial charge >= 0.3 is 0 Å². The Morgan fingerprint density at radius 2 is 1.47 bits per heavy atom. The standard InChI is InChI=1S/C13H22O3S/c1-3-11-10(14-6-1)5-8-17-9-13-12(16-11)4-2-7-15-13/h10-13H,1-9H2/t10-,11+,12-,13+/m0/s1. The predicted molar refractivity (Wildman–Crippen MR) is 68.6 cm³/mol. The topological polar surface area (TPSA) is 27.7 Å². The van der Waals surface area contributed by atoms with Gasteiger partial charge in [0.1, 0.15) is 0 Å². The van der Waals surface area contributed by atoms with Crippen molar-refractivity contribution in [2.45, 2.75) is 56.5 Å². The first-order chi connectivity index (χ1) is 8.43. The first kappa shape index (κ1) is 12.3. The summed E-state index contributed by atoms with van der Waals surface area (Å²) in [5, 5.41) is 0. The molecule has 0 spiro atoms. The molecule has 0 aromatic heterocycles. The second-order valence-corrected chi connectivity index (χ2v) is 6.33. The van der Waals surface area contributed by atoms with Crippen LogP contribution in [0.3, 0.4) is 0 Å². The summed E-state index contributed by atoms with van der Waals surface area (Å²) in [5.74, 6) is 2.27. The molecule has 0 saturated carbocycles. The summed E-state index contributed by atoms with van der Waals surface area (Å²) in [5.41, 5.74) is 0. The lowest BCUT2D eigenvalue weighted by molar-refractivity contribution is -0.171. The molecule has 3 fully saturated rings. The van der Waals surface area contributed by atoms with Gasteiger partial charge < -0.3 is 14.2 Å². The van der Waals surface area contributed by atoms with Crippen LogP contribution in [0.5, 0.6) is 0 Å². The van der Waals surface area contributed by atoms with E-state index in [9.17, 15) is 0 Å². The number of rotatable bonds is 0. The summed E-state index contributed by atoms with van der Waals surface area (Å²) in [6, 6.07) is 0. The molecule has 4 atom stereocenters. The Morgan fingerprint density at radius 3 is 2.29 bits per heavy atom. The van der Waals surface area contributed by atoms with Crippen LogP contribution in [0.25, 0.3) is 0 Å². The Kier molecular flexibility index (Phi) is 4.27. The highest BCUT2D eigenvalue weighted by Gasteiger charge is 2.35. The fourth-order valence-corrected chi connectivity index (χ4v) is 4.09. The van der Waals surface area contributed by atoms with Crippen molar-refractivity contribution in [1.29, 1.82) is 0 Å². The fourth-order valence-electron chi connectivity index (χ4n) is 2.98. The highest BCUT2D eigenvalue weighted by Crippen LogP contribution is 2.30. The van der Waals surface area contributed by atoms with Gasteiger partial charge in [-0.15, -0.1) is 0 Å². The van der Waals surface area contributed by atoms with E-state index in [0.717, 1.165) is 44.6 Å². The van der Waals surface area contributed by atoms with Crippen LogP contribution >= 0.6 is 11.8 Å². The highest BCUT2D eigenvalue weighted by atomic mass is 32.2. The summed E-state index contributed by atoms with van der Waals surface area (Å²) < 4.78 is 18.1. The minimum Gasteiger partial charge on any atom is -0.375 e. The van der Waals surface area contributed by atoms with E-state index in [-0.39, 0.29) is 0 Å². The zero-order chi connectivity index (χ0) is 11.5. The van der Waals surface area contributed by atoms with Crippen molar-refractivity contribution < 1.29 is 14.2 Å². The summed E-state index contributed by atoms with van der Waals surface area (Å²) in [6.45, 7) is 1.83. The molecule has 4 heteroatoms. The zero-order valence-corrected chi connectivity index (χ0v) is 11.1. The quantitative estimate of drug-likeness (QED) is 0.666.